The molecule has 0 atom stereocenters. The van der Waals surface area contributed by atoms with Crippen LogP contribution in [0.2, 0.25) is 0 Å². The zero-order valence-corrected chi connectivity index (χ0v) is 13.2. The summed E-state index contributed by atoms with van der Waals surface area (Å²) in [5.74, 6) is 1.77. The smallest absolute Gasteiger partial charge is 0.120 e. The van der Waals surface area contributed by atoms with Crippen molar-refractivity contribution in [2.75, 3.05) is 19.1 Å². The number of rotatable bonds is 6. The van der Waals surface area contributed by atoms with Gasteiger partial charge in [-0.2, -0.15) is 0 Å². The van der Waals surface area contributed by atoms with Gasteiger partial charge in [-0.25, -0.2) is 0 Å². The van der Waals surface area contributed by atoms with Crippen LogP contribution >= 0.6 is 0 Å². The Hall–Kier alpha value is -2.16. The first-order valence-corrected chi connectivity index (χ1v) is 7.17. The zero-order chi connectivity index (χ0) is 15.2. The van der Waals surface area contributed by atoms with Crippen LogP contribution in [0.5, 0.6) is 11.5 Å². The molecule has 0 spiro atoms. The van der Waals surface area contributed by atoms with E-state index in [0.29, 0.717) is 6.04 Å². The summed E-state index contributed by atoms with van der Waals surface area (Å²) in [6, 6.07) is 16.8. The molecule has 0 aliphatic heterocycles. The number of benzene rings is 2. The van der Waals surface area contributed by atoms with Gasteiger partial charge in [-0.05, 0) is 43.7 Å². The van der Waals surface area contributed by atoms with Crippen molar-refractivity contribution in [2.24, 2.45) is 0 Å². The molecule has 2 aromatic carbocycles. The van der Waals surface area contributed by atoms with Gasteiger partial charge in [0.25, 0.3) is 0 Å². The molecule has 0 radical (unpaired) electrons. The SMILES string of the molecule is COc1ccc(CN(c2cccc(OC)c2)C(C)C)cc1. The molecule has 2 aromatic rings. The first-order chi connectivity index (χ1) is 10.1. The van der Waals surface area contributed by atoms with Gasteiger partial charge < -0.3 is 14.4 Å². The molecule has 2 rings (SSSR count). The van der Waals surface area contributed by atoms with Gasteiger partial charge in [-0.1, -0.05) is 18.2 Å². The molecule has 0 unspecified atom stereocenters. The topological polar surface area (TPSA) is 21.7 Å². The second-order valence-electron chi connectivity index (χ2n) is 5.27. The van der Waals surface area contributed by atoms with Gasteiger partial charge in [-0.15, -0.1) is 0 Å². The zero-order valence-electron chi connectivity index (χ0n) is 13.2. The first-order valence-electron chi connectivity index (χ1n) is 7.17. The molecule has 0 aliphatic carbocycles. The standard InChI is InChI=1S/C18H23NO2/c1-14(2)19(16-6-5-7-18(12-16)21-4)13-15-8-10-17(20-3)11-9-15/h5-12,14H,13H2,1-4H3. The third kappa shape index (κ3) is 3.91. The molecule has 0 amide bonds. The van der Waals surface area contributed by atoms with E-state index in [2.05, 4.69) is 43.0 Å². The minimum Gasteiger partial charge on any atom is -0.497 e. The maximum absolute atomic E-state index is 5.32. The fraction of sp³-hybridized carbons (Fsp3) is 0.333. The number of anilines is 1. The van der Waals surface area contributed by atoms with Gasteiger partial charge in [0.05, 0.1) is 14.2 Å². The van der Waals surface area contributed by atoms with E-state index in [1.165, 1.54) is 11.3 Å². The van der Waals surface area contributed by atoms with Crippen molar-refractivity contribution in [1.82, 2.24) is 0 Å². The predicted octanol–water partition coefficient (Wildman–Crippen LogP) is 4.12. The van der Waals surface area contributed by atoms with Gasteiger partial charge in [0.15, 0.2) is 0 Å². The lowest BCUT2D eigenvalue weighted by Crippen LogP contribution is -2.30. The average Bonchev–Trinajstić information content (AvgIpc) is 2.53. The second-order valence-corrected chi connectivity index (χ2v) is 5.27. The van der Waals surface area contributed by atoms with Crippen molar-refractivity contribution in [3.05, 3.63) is 54.1 Å². The van der Waals surface area contributed by atoms with E-state index in [9.17, 15) is 0 Å². The third-order valence-electron chi connectivity index (χ3n) is 3.52. The number of methoxy groups -OCH3 is 2. The molecule has 0 heterocycles. The Morgan fingerprint density at radius 1 is 0.905 bits per heavy atom. The molecule has 3 nitrogen and oxygen atoms in total. The van der Waals surface area contributed by atoms with E-state index < -0.39 is 0 Å². The molecular formula is C18H23NO2. The van der Waals surface area contributed by atoms with Crippen LogP contribution in [0.15, 0.2) is 48.5 Å². The van der Waals surface area contributed by atoms with Crippen molar-refractivity contribution in [2.45, 2.75) is 26.4 Å². The van der Waals surface area contributed by atoms with Gasteiger partial charge in [0.1, 0.15) is 11.5 Å². The molecule has 0 aliphatic rings. The van der Waals surface area contributed by atoms with Gasteiger partial charge in [0.2, 0.25) is 0 Å². The van der Waals surface area contributed by atoms with Crippen LogP contribution < -0.4 is 14.4 Å². The summed E-state index contributed by atoms with van der Waals surface area (Å²) in [7, 11) is 3.38. The third-order valence-corrected chi connectivity index (χ3v) is 3.52. The Labute approximate surface area is 127 Å². The number of hydrogen-bond donors (Lipinski definition) is 0. The molecule has 0 saturated carbocycles. The lowest BCUT2D eigenvalue weighted by Gasteiger charge is -2.29. The summed E-state index contributed by atoms with van der Waals surface area (Å²) in [5, 5.41) is 0. The Morgan fingerprint density at radius 3 is 2.14 bits per heavy atom. The van der Waals surface area contributed by atoms with E-state index >= 15 is 0 Å². The molecule has 21 heavy (non-hydrogen) atoms. The molecule has 112 valence electrons. The van der Waals surface area contributed by atoms with Gasteiger partial charge >= 0.3 is 0 Å². The molecule has 0 saturated heterocycles. The molecule has 0 aromatic heterocycles. The van der Waals surface area contributed by atoms with Crippen LogP contribution in [0, 0.1) is 0 Å². The fourth-order valence-electron chi connectivity index (χ4n) is 2.29. The molecular weight excluding hydrogens is 262 g/mol. The lowest BCUT2D eigenvalue weighted by molar-refractivity contribution is 0.414. The van der Waals surface area contributed by atoms with Crippen LogP contribution in [0.25, 0.3) is 0 Å². The summed E-state index contributed by atoms with van der Waals surface area (Å²) < 4.78 is 10.5. The highest BCUT2D eigenvalue weighted by Crippen LogP contribution is 2.25. The molecule has 0 N–H and O–H groups in total. The molecule has 3 heteroatoms. The van der Waals surface area contributed by atoms with Crippen LogP contribution in [-0.2, 0) is 6.54 Å². The fourth-order valence-corrected chi connectivity index (χ4v) is 2.29. The maximum Gasteiger partial charge on any atom is 0.120 e. The summed E-state index contributed by atoms with van der Waals surface area (Å²) >= 11 is 0. The Balaban J connectivity index is 2.21. The van der Waals surface area contributed by atoms with Crippen LogP contribution in [0.1, 0.15) is 19.4 Å². The van der Waals surface area contributed by atoms with E-state index in [1.54, 1.807) is 14.2 Å². The summed E-state index contributed by atoms with van der Waals surface area (Å²) in [6.07, 6.45) is 0. The lowest BCUT2D eigenvalue weighted by atomic mass is 10.1. The highest BCUT2D eigenvalue weighted by molar-refractivity contribution is 5.52. The quantitative estimate of drug-likeness (QED) is 0.797. The Bertz CT molecular complexity index is 564. The van der Waals surface area contributed by atoms with Gasteiger partial charge in [0, 0.05) is 24.3 Å². The van der Waals surface area contributed by atoms with Crippen LogP contribution in [0.4, 0.5) is 5.69 Å². The van der Waals surface area contributed by atoms with Crippen molar-refractivity contribution in [3.8, 4) is 11.5 Å². The molecule has 0 fully saturated rings. The number of ether oxygens (including phenoxy) is 2. The highest BCUT2D eigenvalue weighted by atomic mass is 16.5. The van der Waals surface area contributed by atoms with Crippen molar-refractivity contribution >= 4 is 5.69 Å². The van der Waals surface area contributed by atoms with E-state index in [1.807, 2.05) is 24.3 Å². The average molecular weight is 285 g/mol. The van der Waals surface area contributed by atoms with Gasteiger partial charge in [-0.3, -0.25) is 0 Å². The monoisotopic (exact) mass is 285 g/mol. The van der Waals surface area contributed by atoms with E-state index in [0.717, 1.165) is 18.0 Å². The summed E-state index contributed by atoms with van der Waals surface area (Å²) in [4.78, 5) is 2.35. The summed E-state index contributed by atoms with van der Waals surface area (Å²) in [6.45, 7) is 5.25. The normalized spacial score (nSPS) is 10.5. The largest absolute Gasteiger partial charge is 0.497 e. The minimum atomic E-state index is 0.402. The van der Waals surface area contributed by atoms with Crippen molar-refractivity contribution in [3.63, 3.8) is 0 Å². The Morgan fingerprint density at radius 2 is 1.57 bits per heavy atom. The first kappa shape index (κ1) is 15.2. The minimum absolute atomic E-state index is 0.402. The predicted molar refractivity (Wildman–Crippen MR) is 87.3 cm³/mol. The van der Waals surface area contributed by atoms with E-state index in [-0.39, 0.29) is 0 Å². The number of nitrogens with zero attached hydrogens (tertiary/aromatic N) is 1. The van der Waals surface area contributed by atoms with Crippen molar-refractivity contribution < 1.29 is 9.47 Å². The number of hydrogen-bond acceptors (Lipinski definition) is 3. The molecule has 0 bridgehead atoms. The van der Waals surface area contributed by atoms with Crippen LogP contribution in [-0.4, -0.2) is 20.3 Å². The summed E-state index contributed by atoms with van der Waals surface area (Å²) in [5.41, 5.74) is 2.42. The van der Waals surface area contributed by atoms with Crippen molar-refractivity contribution in [1.29, 1.82) is 0 Å². The maximum atomic E-state index is 5.32. The highest BCUT2D eigenvalue weighted by Gasteiger charge is 2.12. The van der Waals surface area contributed by atoms with E-state index in [4.69, 9.17) is 9.47 Å². The Kier molecular flexibility index (Phi) is 5.09. The second kappa shape index (κ2) is 7.02. The van der Waals surface area contributed by atoms with Crippen LogP contribution in [0.3, 0.4) is 0 Å².